The third kappa shape index (κ3) is 5.43. The summed E-state index contributed by atoms with van der Waals surface area (Å²) in [5.41, 5.74) is 6.71. The fourth-order valence-electron chi connectivity index (χ4n) is 2.33. The average molecular weight is 425 g/mol. The van der Waals surface area contributed by atoms with Crippen LogP contribution in [0.3, 0.4) is 0 Å². The molecule has 0 bridgehead atoms. The third-order valence-electron chi connectivity index (χ3n) is 3.74. The molecule has 0 aromatic heterocycles. The lowest BCUT2D eigenvalue weighted by atomic mass is 10.2. The Kier molecular flexibility index (Phi) is 6.22. The Labute approximate surface area is 165 Å². The molecule has 0 heterocycles. The Morgan fingerprint density at radius 2 is 1.44 bits per heavy atom. The molecule has 0 saturated heterocycles. The fourth-order valence-corrected chi connectivity index (χ4v) is 2.73. The first-order chi connectivity index (χ1) is 13.1. The maximum absolute atomic E-state index is 12.2. The van der Waals surface area contributed by atoms with Gasteiger partial charge in [0.05, 0.1) is 0 Å². The number of nitrogens with one attached hydrogen (secondary N) is 2. The number of hydrazine groups is 1. The highest BCUT2D eigenvalue weighted by Gasteiger charge is 2.09. The maximum atomic E-state index is 12.2. The van der Waals surface area contributed by atoms with Crippen molar-refractivity contribution in [3.8, 4) is 5.75 Å². The van der Waals surface area contributed by atoms with Gasteiger partial charge in [-0.25, -0.2) is 0 Å². The van der Waals surface area contributed by atoms with E-state index in [1.165, 1.54) is 0 Å². The lowest BCUT2D eigenvalue weighted by molar-refractivity contribution is 0.0846. The van der Waals surface area contributed by atoms with Crippen LogP contribution in [0.4, 0.5) is 0 Å². The van der Waals surface area contributed by atoms with E-state index in [0.717, 1.165) is 10.0 Å². The Morgan fingerprint density at radius 1 is 0.778 bits per heavy atom. The number of hydrogen-bond donors (Lipinski definition) is 2. The predicted molar refractivity (Wildman–Crippen MR) is 106 cm³/mol. The SMILES string of the molecule is O=C(NNC(=O)c1cccc(Br)c1)c1ccc(OCc2ccccc2)cc1. The number of carbonyl (C=O) groups is 2. The normalized spacial score (nSPS) is 10.1. The van der Waals surface area contributed by atoms with Gasteiger partial charge in [0.2, 0.25) is 0 Å². The smallest absolute Gasteiger partial charge is 0.269 e. The van der Waals surface area contributed by atoms with Crippen molar-refractivity contribution in [1.82, 2.24) is 10.9 Å². The molecule has 0 atom stereocenters. The van der Waals surface area contributed by atoms with Crippen LogP contribution in [0.25, 0.3) is 0 Å². The van der Waals surface area contributed by atoms with Crippen molar-refractivity contribution >= 4 is 27.7 Å². The van der Waals surface area contributed by atoms with Gasteiger partial charge in [0.25, 0.3) is 11.8 Å². The quantitative estimate of drug-likeness (QED) is 0.605. The summed E-state index contributed by atoms with van der Waals surface area (Å²) in [5.74, 6) is -0.144. The molecule has 0 saturated carbocycles. The van der Waals surface area contributed by atoms with E-state index in [2.05, 4.69) is 26.8 Å². The zero-order valence-electron chi connectivity index (χ0n) is 14.3. The molecule has 27 heavy (non-hydrogen) atoms. The molecule has 2 N–H and O–H groups in total. The van der Waals surface area contributed by atoms with Crippen molar-refractivity contribution in [1.29, 1.82) is 0 Å². The first-order valence-corrected chi connectivity index (χ1v) is 9.04. The highest BCUT2D eigenvalue weighted by molar-refractivity contribution is 9.10. The molecule has 3 aromatic carbocycles. The molecular weight excluding hydrogens is 408 g/mol. The monoisotopic (exact) mass is 424 g/mol. The molecule has 0 radical (unpaired) electrons. The molecule has 2 amide bonds. The topological polar surface area (TPSA) is 67.4 Å². The standard InChI is InChI=1S/C21H17BrN2O3/c22-18-8-4-7-17(13-18)21(26)24-23-20(25)16-9-11-19(12-10-16)27-14-15-5-2-1-3-6-15/h1-13H,14H2,(H,23,25)(H,24,26). The van der Waals surface area contributed by atoms with Gasteiger partial charge in [-0.05, 0) is 48.0 Å². The van der Waals surface area contributed by atoms with Crippen molar-refractivity contribution in [2.24, 2.45) is 0 Å². The Balaban J connectivity index is 1.52. The second kappa shape index (κ2) is 9.00. The summed E-state index contributed by atoms with van der Waals surface area (Å²) in [4.78, 5) is 24.2. The molecular formula is C21H17BrN2O3. The van der Waals surface area contributed by atoms with Gasteiger partial charge in [-0.15, -0.1) is 0 Å². The second-order valence-corrected chi connectivity index (χ2v) is 6.63. The highest BCUT2D eigenvalue weighted by Crippen LogP contribution is 2.14. The molecule has 0 aliphatic carbocycles. The summed E-state index contributed by atoms with van der Waals surface area (Å²) in [6.45, 7) is 0.453. The van der Waals surface area contributed by atoms with Gasteiger partial charge in [0.1, 0.15) is 12.4 Å². The number of carbonyl (C=O) groups excluding carboxylic acids is 2. The first-order valence-electron chi connectivity index (χ1n) is 8.25. The van der Waals surface area contributed by atoms with E-state index in [1.807, 2.05) is 36.4 Å². The number of rotatable bonds is 5. The number of hydrogen-bond acceptors (Lipinski definition) is 3. The lowest BCUT2D eigenvalue weighted by Gasteiger charge is -2.09. The average Bonchev–Trinajstić information content (AvgIpc) is 2.71. The highest BCUT2D eigenvalue weighted by atomic mass is 79.9. The van der Waals surface area contributed by atoms with Crippen LogP contribution in [-0.4, -0.2) is 11.8 Å². The predicted octanol–water partition coefficient (Wildman–Crippen LogP) is 4.10. The zero-order valence-corrected chi connectivity index (χ0v) is 15.9. The van der Waals surface area contributed by atoms with Crippen LogP contribution in [0.1, 0.15) is 26.3 Å². The van der Waals surface area contributed by atoms with E-state index < -0.39 is 11.8 Å². The number of halogens is 1. The summed E-state index contributed by atoms with van der Waals surface area (Å²) in [6.07, 6.45) is 0. The summed E-state index contributed by atoms with van der Waals surface area (Å²) < 4.78 is 6.47. The number of amides is 2. The second-order valence-electron chi connectivity index (χ2n) is 5.72. The van der Waals surface area contributed by atoms with Crippen molar-refractivity contribution in [2.75, 3.05) is 0 Å². The molecule has 0 spiro atoms. The number of benzene rings is 3. The van der Waals surface area contributed by atoms with Crippen molar-refractivity contribution < 1.29 is 14.3 Å². The third-order valence-corrected chi connectivity index (χ3v) is 4.23. The Morgan fingerprint density at radius 3 is 2.11 bits per heavy atom. The van der Waals surface area contributed by atoms with Crippen LogP contribution in [0, 0.1) is 0 Å². The molecule has 0 aliphatic heterocycles. The molecule has 3 aromatic rings. The molecule has 0 aliphatic rings. The molecule has 3 rings (SSSR count). The van der Waals surface area contributed by atoms with Gasteiger partial charge in [0, 0.05) is 15.6 Å². The van der Waals surface area contributed by atoms with E-state index in [9.17, 15) is 9.59 Å². The van der Waals surface area contributed by atoms with Gasteiger partial charge in [-0.2, -0.15) is 0 Å². The Bertz CT molecular complexity index is 928. The first kappa shape index (κ1) is 18.7. The number of ether oxygens (including phenoxy) is 1. The van der Waals surface area contributed by atoms with Gasteiger partial charge >= 0.3 is 0 Å². The van der Waals surface area contributed by atoms with E-state index in [4.69, 9.17) is 4.74 Å². The van der Waals surface area contributed by atoms with Gasteiger partial charge in [0.15, 0.2) is 0 Å². The summed E-state index contributed by atoms with van der Waals surface area (Å²) in [7, 11) is 0. The minimum Gasteiger partial charge on any atom is -0.489 e. The van der Waals surface area contributed by atoms with Gasteiger partial charge < -0.3 is 4.74 Å². The largest absolute Gasteiger partial charge is 0.489 e. The molecule has 6 heteroatoms. The summed E-state index contributed by atoms with van der Waals surface area (Å²) in [5, 5.41) is 0. The molecule has 136 valence electrons. The summed E-state index contributed by atoms with van der Waals surface area (Å²) >= 11 is 3.30. The van der Waals surface area contributed by atoms with Crippen LogP contribution in [-0.2, 0) is 6.61 Å². The maximum Gasteiger partial charge on any atom is 0.269 e. The van der Waals surface area contributed by atoms with Gasteiger partial charge in [-0.1, -0.05) is 52.3 Å². The van der Waals surface area contributed by atoms with Crippen LogP contribution < -0.4 is 15.6 Å². The minimum absolute atomic E-state index is 0.396. The Hall–Kier alpha value is -3.12. The summed E-state index contributed by atoms with van der Waals surface area (Å²) in [6, 6.07) is 23.4. The fraction of sp³-hybridized carbons (Fsp3) is 0.0476. The van der Waals surface area contributed by atoms with E-state index in [1.54, 1.807) is 42.5 Å². The van der Waals surface area contributed by atoms with Crippen molar-refractivity contribution in [3.05, 3.63) is 100 Å². The van der Waals surface area contributed by atoms with Crippen LogP contribution in [0.2, 0.25) is 0 Å². The molecule has 0 fully saturated rings. The van der Waals surface area contributed by atoms with Crippen molar-refractivity contribution in [3.63, 3.8) is 0 Å². The van der Waals surface area contributed by atoms with Gasteiger partial charge in [-0.3, -0.25) is 20.4 Å². The molecule has 0 unspecified atom stereocenters. The minimum atomic E-state index is -0.409. The van der Waals surface area contributed by atoms with E-state index in [-0.39, 0.29) is 0 Å². The van der Waals surface area contributed by atoms with Crippen LogP contribution in [0.15, 0.2) is 83.3 Å². The van der Waals surface area contributed by atoms with E-state index in [0.29, 0.717) is 23.5 Å². The van der Waals surface area contributed by atoms with Crippen molar-refractivity contribution in [2.45, 2.75) is 6.61 Å². The zero-order chi connectivity index (χ0) is 19.1. The van der Waals surface area contributed by atoms with Crippen LogP contribution in [0.5, 0.6) is 5.75 Å². The molecule has 5 nitrogen and oxygen atoms in total. The van der Waals surface area contributed by atoms with Crippen LogP contribution >= 0.6 is 15.9 Å². The lowest BCUT2D eigenvalue weighted by Crippen LogP contribution is -2.41. The van der Waals surface area contributed by atoms with E-state index >= 15 is 0 Å².